The number of ether oxygens (including phenoxy) is 3. The van der Waals surface area contributed by atoms with Crippen LogP contribution in [-0.4, -0.2) is 98.5 Å². The Morgan fingerprint density at radius 1 is 0.240 bits per heavy atom. The molecule has 0 saturated heterocycles. The molecular weight excluding hydrogens is 1180 g/mol. The van der Waals surface area contributed by atoms with Crippen LogP contribution in [0.15, 0.2) is 5.76 Å². The first-order valence-electron chi connectivity index (χ1n) is 43.7. The summed E-state index contributed by atoms with van der Waals surface area (Å²) in [6, 6.07) is 0. The van der Waals surface area contributed by atoms with E-state index >= 15 is 0 Å². The lowest BCUT2D eigenvalue weighted by Gasteiger charge is -2.26. The van der Waals surface area contributed by atoms with E-state index in [1.807, 2.05) is 0 Å². The van der Waals surface area contributed by atoms with Crippen LogP contribution in [0.25, 0.3) is 0 Å². The lowest BCUT2D eigenvalue weighted by atomic mass is 10.0. The van der Waals surface area contributed by atoms with Crippen molar-refractivity contribution >= 4 is 17.9 Å². The standard InChI is InChI=1S/C87H170N2O7/c1-4-7-10-13-16-19-22-25-27-29-31-33-35-37-39-41-43-46-49-52-55-67-82-95-86(92)72-61-58-64-74-88(77-69-78-89(79-70-80-90)76-63-57-60-71-85(84-91)94-81-66-54-51-48-45-24-21-18-15-12-9-6-3)75-65-59-62-73-87(93)96-83-68-56-53-50-47-44-42-40-38-36-34-32-30-28-26-23-20-17-14-11-8-5-2/h90H,4-83H2,1-3H3. The van der Waals surface area contributed by atoms with Crippen LogP contribution in [0.4, 0.5) is 0 Å². The largest absolute Gasteiger partial charge is 0.487 e. The van der Waals surface area contributed by atoms with E-state index in [0.29, 0.717) is 44.8 Å². The van der Waals surface area contributed by atoms with E-state index in [2.05, 4.69) is 36.5 Å². The number of aliphatic hydroxyl groups is 1. The zero-order chi connectivity index (χ0) is 69.3. The molecule has 9 heteroatoms. The summed E-state index contributed by atoms with van der Waals surface area (Å²) < 4.78 is 17.2. The minimum absolute atomic E-state index is 0.0399. The van der Waals surface area contributed by atoms with Gasteiger partial charge in [0, 0.05) is 32.4 Å². The number of esters is 2. The number of aliphatic hydroxyl groups excluding tert-OH is 1. The number of nitrogens with zero attached hydrogens (tertiary/aromatic N) is 2. The van der Waals surface area contributed by atoms with Crippen molar-refractivity contribution in [1.29, 1.82) is 0 Å². The maximum atomic E-state index is 12.7. The van der Waals surface area contributed by atoms with Gasteiger partial charge in [0.15, 0.2) is 11.7 Å². The molecule has 0 aliphatic carbocycles. The Labute approximate surface area is 600 Å². The number of allylic oxidation sites excluding steroid dienone is 1. The molecule has 0 aliphatic heterocycles. The predicted molar refractivity (Wildman–Crippen MR) is 417 cm³/mol. The maximum absolute atomic E-state index is 12.7. The average molecular weight is 1360 g/mol. The van der Waals surface area contributed by atoms with Crippen molar-refractivity contribution < 1.29 is 33.7 Å². The number of rotatable bonds is 85. The molecule has 0 spiro atoms. The molecule has 0 aromatic heterocycles. The van der Waals surface area contributed by atoms with Gasteiger partial charge in [-0.2, -0.15) is 0 Å². The van der Waals surface area contributed by atoms with Gasteiger partial charge < -0.3 is 29.1 Å². The molecule has 0 bridgehead atoms. The molecule has 0 aromatic carbocycles. The van der Waals surface area contributed by atoms with Crippen LogP contribution in [0, 0.1) is 0 Å². The fraction of sp³-hybridized carbons (Fsp3) is 0.954. The van der Waals surface area contributed by atoms with Crippen LogP contribution in [0.1, 0.15) is 470 Å². The summed E-state index contributed by atoms with van der Waals surface area (Å²) >= 11 is 0. The van der Waals surface area contributed by atoms with Gasteiger partial charge in [-0.15, -0.1) is 0 Å². The molecule has 9 nitrogen and oxygen atoms in total. The van der Waals surface area contributed by atoms with Crippen molar-refractivity contribution in [3.63, 3.8) is 0 Å². The summed E-state index contributed by atoms with van der Waals surface area (Å²) in [6.45, 7) is 14.7. The molecule has 0 amide bonds. The third-order valence-electron chi connectivity index (χ3n) is 20.6. The van der Waals surface area contributed by atoms with E-state index in [9.17, 15) is 19.5 Å². The molecule has 0 aliphatic rings. The highest BCUT2D eigenvalue weighted by Gasteiger charge is 2.12. The average Bonchev–Trinajstić information content (AvgIpc) is 3.75. The molecule has 0 fully saturated rings. The van der Waals surface area contributed by atoms with E-state index in [1.165, 1.54) is 327 Å². The van der Waals surface area contributed by atoms with Crippen LogP contribution in [0.5, 0.6) is 0 Å². The van der Waals surface area contributed by atoms with Gasteiger partial charge in [0.05, 0.1) is 19.8 Å². The Balaban J connectivity index is 4.51. The lowest BCUT2D eigenvalue weighted by Crippen LogP contribution is -2.33. The van der Waals surface area contributed by atoms with Crippen LogP contribution in [-0.2, 0) is 28.6 Å². The highest BCUT2D eigenvalue weighted by molar-refractivity contribution is 5.69. The number of carbonyl (C=O) groups is 2. The van der Waals surface area contributed by atoms with Crippen molar-refractivity contribution in [2.24, 2.45) is 0 Å². The lowest BCUT2D eigenvalue weighted by molar-refractivity contribution is -0.144. The minimum Gasteiger partial charge on any atom is -0.487 e. The van der Waals surface area contributed by atoms with Crippen molar-refractivity contribution in [2.75, 3.05) is 65.7 Å². The maximum Gasteiger partial charge on any atom is 0.305 e. The Hall–Kier alpha value is -1.93. The van der Waals surface area contributed by atoms with Gasteiger partial charge in [-0.05, 0) is 103 Å². The van der Waals surface area contributed by atoms with E-state index in [-0.39, 0.29) is 18.5 Å². The second kappa shape index (κ2) is 83.7. The molecule has 96 heavy (non-hydrogen) atoms. The van der Waals surface area contributed by atoms with Gasteiger partial charge >= 0.3 is 11.9 Å². The van der Waals surface area contributed by atoms with E-state index in [0.717, 1.165) is 142 Å². The number of unbranched alkanes of at least 4 members (excludes halogenated alkanes) is 59. The molecule has 0 rings (SSSR count). The van der Waals surface area contributed by atoms with Crippen molar-refractivity contribution in [2.45, 2.75) is 470 Å². The Morgan fingerprint density at radius 2 is 0.438 bits per heavy atom. The topological polar surface area (TPSA) is 106 Å². The first kappa shape index (κ1) is 94.1. The third kappa shape index (κ3) is 77.8. The summed E-state index contributed by atoms with van der Waals surface area (Å²) in [5.41, 5.74) is 0. The van der Waals surface area contributed by atoms with Gasteiger partial charge in [0.25, 0.3) is 0 Å². The SMILES string of the molecule is CCCCCCCCCCCCCCCCCCCCCCCCOC(=O)CCCCCN(CCCCCC(=O)OCCCCCCCCCCCCCCCCCCCCCCCC)CCCN(CCCO)CCCCCC(=C=O)OCCCCCCCCCCCCCC. The summed E-state index contributed by atoms with van der Waals surface area (Å²) in [6.07, 6.45) is 88.7. The molecule has 0 radical (unpaired) electrons. The van der Waals surface area contributed by atoms with E-state index in [1.54, 1.807) is 0 Å². The van der Waals surface area contributed by atoms with Crippen molar-refractivity contribution in [3.8, 4) is 0 Å². The second-order valence-corrected chi connectivity index (χ2v) is 30.1. The highest BCUT2D eigenvalue weighted by atomic mass is 16.5. The minimum atomic E-state index is -0.0399. The first-order valence-corrected chi connectivity index (χ1v) is 43.7. The molecule has 570 valence electrons. The van der Waals surface area contributed by atoms with Crippen molar-refractivity contribution in [1.82, 2.24) is 9.80 Å². The van der Waals surface area contributed by atoms with E-state index < -0.39 is 0 Å². The fourth-order valence-corrected chi connectivity index (χ4v) is 14.1. The molecule has 0 unspecified atom stereocenters. The molecule has 0 aromatic rings. The smallest absolute Gasteiger partial charge is 0.305 e. The summed E-state index contributed by atoms with van der Waals surface area (Å²) in [4.78, 5) is 42.2. The Kier molecular flexibility index (Phi) is 82.0. The zero-order valence-corrected chi connectivity index (χ0v) is 65.4. The van der Waals surface area contributed by atoms with Crippen LogP contribution < -0.4 is 0 Å². The summed E-state index contributed by atoms with van der Waals surface area (Å²) in [7, 11) is 0. The first-order chi connectivity index (χ1) is 47.5. The molecule has 0 saturated carbocycles. The number of carbonyl (C=O) groups excluding carboxylic acids is 3. The quantitative estimate of drug-likeness (QED) is 0.0276. The van der Waals surface area contributed by atoms with Crippen LogP contribution >= 0.6 is 0 Å². The van der Waals surface area contributed by atoms with Gasteiger partial charge in [0.2, 0.25) is 0 Å². The van der Waals surface area contributed by atoms with E-state index in [4.69, 9.17) is 14.2 Å². The normalized spacial score (nSPS) is 11.6. The van der Waals surface area contributed by atoms with Gasteiger partial charge in [-0.3, -0.25) is 9.59 Å². The van der Waals surface area contributed by atoms with Crippen molar-refractivity contribution in [3.05, 3.63) is 5.76 Å². The molecule has 1 N–H and O–H groups in total. The highest BCUT2D eigenvalue weighted by Crippen LogP contribution is 2.20. The Morgan fingerprint density at radius 3 is 0.677 bits per heavy atom. The van der Waals surface area contributed by atoms with Gasteiger partial charge in [0.1, 0.15) is 0 Å². The van der Waals surface area contributed by atoms with Crippen LogP contribution in [0.3, 0.4) is 0 Å². The third-order valence-corrected chi connectivity index (χ3v) is 20.6. The zero-order valence-electron chi connectivity index (χ0n) is 65.4. The fourth-order valence-electron chi connectivity index (χ4n) is 14.1. The summed E-state index contributed by atoms with van der Waals surface area (Å²) in [5, 5.41) is 9.75. The number of hydrogen-bond donors (Lipinski definition) is 1. The second-order valence-electron chi connectivity index (χ2n) is 30.1. The van der Waals surface area contributed by atoms with Gasteiger partial charge in [-0.25, -0.2) is 4.79 Å². The number of hydrogen-bond acceptors (Lipinski definition) is 9. The predicted octanol–water partition coefficient (Wildman–Crippen LogP) is 26.8. The molecule has 0 heterocycles. The monoisotopic (exact) mass is 1360 g/mol. The van der Waals surface area contributed by atoms with Gasteiger partial charge in [-0.1, -0.05) is 380 Å². The Bertz CT molecular complexity index is 1480. The molecule has 0 atom stereocenters. The summed E-state index contributed by atoms with van der Waals surface area (Å²) in [5.74, 6) is 2.49. The van der Waals surface area contributed by atoms with Crippen LogP contribution in [0.2, 0.25) is 0 Å². The molecular formula is C87H170N2O7.